The minimum Gasteiger partial charge on any atom is -0.343 e. The van der Waals surface area contributed by atoms with Crippen molar-refractivity contribution in [2.75, 3.05) is 13.1 Å². The molecule has 0 aliphatic carbocycles. The number of piperidine rings is 1. The van der Waals surface area contributed by atoms with Crippen LogP contribution in [0.4, 0.5) is 0 Å². The standard InChI is InChI=1S/C19H25N3O/c23-19(9-4-8-17-6-2-1-3-7-17)21-14-10-18(11-15-21)16-22-13-5-12-20-22/h1-3,5-7,12-13,18H,4,8-11,14-16H2. The van der Waals surface area contributed by atoms with E-state index < -0.39 is 0 Å². The molecule has 23 heavy (non-hydrogen) atoms. The third kappa shape index (κ3) is 4.68. The van der Waals surface area contributed by atoms with Crippen molar-refractivity contribution in [3.63, 3.8) is 0 Å². The van der Waals surface area contributed by atoms with Crippen LogP contribution < -0.4 is 0 Å². The van der Waals surface area contributed by atoms with E-state index in [4.69, 9.17) is 0 Å². The van der Waals surface area contributed by atoms with Crippen LogP contribution in [0.3, 0.4) is 0 Å². The second kappa shape index (κ2) is 7.95. The summed E-state index contributed by atoms with van der Waals surface area (Å²) < 4.78 is 2.00. The molecule has 0 bridgehead atoms. The van der Waals surface area contributed by atoms with Crippen LogP contribution in [0, 0.1) is 5.92 Å². The summed E-state index contributed by atoms with van der Waals surface area (Å²) in [4.78, 5) is 14.4. The number of carbonyl (C=O) groups is 1. The van der Waals surface area contributed by atoms with Gasteiger partial charge in [0.25, 0.3) is 0 Å². The quantitative estimate of drug-likeness (QED) is 0.822. The first-order valence-electron chi connectivity index (χ1n) is 8.60. The lowest BCUT2D eigenvalue weighted by atomic mass is 9.96. The highest BCUT2D eigenvalue weighted by Crippen LogP contribution is 2.20. The van der Waals surface area contributed by atoms with Crippen molar-refractivity contribution >= 4 is 5.91 Å². The Balaban J connectivity index is 1.36. The number of amides is 1. The highest BCUT2D eigenvalue weighted by atomic mass is 16.2. The van der Waals surface area contributed by atoms with Gasteiger partial charge in [0, 0.05) is 38.4 Å². The zero-order valence-corrected chi connectivity index (χ0v) is 13.6. The molecule has 2 heterocycles. The Morgan fingerprint density at radius 1 is 1.13 bits per heavy atom. The van der Waals surface area contributed by atoms with E-state index in [1.54, 1.807) is 0 Å². The molecular weight excluding hydrogens is 286 g/mol. The average molecular weight is 311 g/mol. The number of rotatable bonds is 6. The molecule has 122 valence electrons. The first-order valence-corrected chi connectivity index (χ1v) is 8.60. The zero-order valence-electron chi connectivity index (χ0n) is 13.6. The molecule has 1 aromatic heterocycles. The van der Waals surface area contributed by atoms with Crippen molar-refractivity contribution in [3.05, 3.63) is 54.4 Å². The average Bonchev–Trinajstić information content (AvgIpc) is 3.09. The Morgan fingerprint density at radius 3 is 2.61 bits per heavy atom. The van der Waals surface area contributed by atoms with Crippen LogP contribution in [0.1, 0.15) is 31.2 Å². The molecule has 1 fully saturated rings. The normalized spacial score (nSPS) is 15.7. The molecular formula is C19H25N3O. The monoisotopic (exact) mass is 311 g/mol. The topological polar surface area (TPSA) is 38.1 Å². The summed E-state index contributed by atoms with van der Waals surface area (Å²) >= 11 is 0. The molecule has 0 saturated carbocycles. The molecule has 0 spiro atoms. The van der Waals surface area contributed by atoms with Crippen molar-refractivity contribution < 1.29 is 4.79 Å². The van der Waals surface area contributed by atoms with Gasteiger partial charge in [0.15, 0.2) is 0 Å². The van der Waals surface area contributed by atoms with Gasteiger partial charge in [-0.2, -0.15) is 5.10 Å². The maximum Gasteiger partial charge on any atom is 0.222 e. The summed E-state index contributed by atoms with van der Waals surface area (Å²) in [5.41, 5.74) is 1.32. The first kappa shape index (κ1) is 15.8. The maximum absolute atomic E-state index is 12.3. The van der Waals surface area contributed by atoms with E-state index in [-0.39, 0.29) is 0 Å². The Morgan fingerprint density at radius 2 is 1.91 bits per heavy atom. The second-order valence-electron chi connectivity index (χ2n) is 6.39. The molecule has 4 nitrogen and oxygen atoms in total. The minimum absolute atomic E-state index is 0.318. The number of aryl methyl sites for hydroxylation is 1. The molecule has 0 N–H and O–H groups in total. The summed E-state index contributed by atoms with van der Waals surface area (Å²) in [5, 5.41) is 4.27. The van der Waals surface area contributed by atoms with E-state index in [0.29, 0.717) is 18.2 Å². The van der Waals surface area contributed by atoms with Gasteiger partial charge < -0.3 is 4.90 Å². The van der Waals surface area contributed by atoms with E-state index in [9.17, 15) is 4.79 Å². The number of likely N-dealkylation sites (tertiary alicyclic amines) is 1. The fourth-order valence-electron chi connectivity index (χ4n) is 3.28. The van der Waals surface area contributed by atoms with Crippen LogP contribution >= 0.6 is 0 Å². The molecule has 1 aromatic carbocycles. The second-order valence-corrected chi connectivity index (χ2v) is 6.39. The van der Waals surface area contributed by atoms with Gasteiger partial charge in [-0.3, -0.25) is 9.48 Å². The van der Waals surface area contributed by atoms with E-state index in [2.05, 4.69) is 29.4 Å². The molecule has 3 rings (SSSR count). The maximum atomic E-state index is 12.3. The van der Waals surface area contributed by atoms with Gasteiger partial charge in [-0.25, -0.2) is 0 Å². The number of hydrogen-bond acceptors (Lipinski definition) is 2. The van der Waals surface area contributed by atoms with Gasteiger partial charge in [0.2, 0.25) is 5.91 Å². The third-order valence-electron chi connectivity index (χ3n) is 4.67. The highest BCUT2D eigenvalue weighted by molar-refractivity contribution is 5.76. The van der Waals surface area contributed by atoms with Gasteiger partial charge in [0.05, 0.1) is 0 Å². The van der Waals surface area contributed by atoms with Crippen LogP contribution in [-0.2, 0) is 17.8 Å². The van der Waals surface area contributed by atoms with Crippen molar-refractivity contribution in [1.29, 1.82) is 0 Å². The molecule has 1 amide bonds. The first-order chi connectivity index (χ1) is 11.3. The summed E-state index contributed by atoms with van der Waals surface area (Å²) in [6, 6.07) is 12.4. The fourth-order valence-corrected chi connectivity index (χ4v) is 3.28. The van der Waals surface area contributed by atoms with Crippen LogP contribution in [0.2, 0.25) is 0 Å². The summed E-state index contributed by atoms with van der Waals surface area (Å²) in [6.07, 6.45) is 8.61. The van der Waals surface area contributed by atoms with Crippen molar-refractivity contribution in [1.82, 2.24) is 14.7 Å². The molecule has 0 unspecified atom stereocenters. The van der Waals surface area contributed by atoms with Crippen molar-refractivity contribution in [3.8, 4) is 0 Å². The highest BCUT2D eigenvalue weighted by Gasteiger charge is 2.22. The Kier molecular flexibility index (Phi) is 5.46. The van der Waals surface area contributed by atoms with Gasteiger partial charge in [0.1, 0.15) is 0 Å². The number of nitrogens with zero attached hydrogens (tertiary/aromatic N) is 3. The smallest absolute Gasteiger partial charge is 0.222 e. The molecule has 1 saturated heterocycles. The summed E-state index contributed by atoms with van der Waals surface area (Å²) in [7, 11) is 0. The van der Waals surface area contributed by atoms with E-state index >= 15 is 0 Å². The van der Waals surface area contributed by atoms with E-state index in [1.807, 2.05) is 34.1 Å². The summed E-state index contributed by atoms with van der Waals surface area (Å²) in [6.45, 7) is 2.77. The molecule has 2 aromatic rings. The number of aromatic nitrogens is 2. The fraction of sp³-hybridized carbons (Fsp3) is 0.474. The van der Waals surface area contributed by atoms with Crippen LogP contribution in [0.25, 0.3) is 0 Å². The number of benzene rings is 1. The molecule has 1 aliphatic heterocycles. The SMILES string of the molecule is O=C(CCCc1ccccc1)N1CCC(Cn2cccn2)CC1. The minimum atomic E-state index is 0.318. The molecule has 4 heteroatoms. The van der Waals surface area contributed by atoms with Gasteiger partial charge in [-0.05, 0) is 43.2 Å². The zero-order chi connectivity index (χ0) is 15.9. The van der Waals surface area contributed by atoms with Gasteiger partial charge in [-0.1, -0.05) is 30.3 Å². The Hall–Kier alpha value is -2.10. The van der Waals surface area contributed by atoms with Crippen LogP contribution in [0.15, 0.2) is 48.8 Å². The van der Waals surface area contributed by atoms with Crippen LogP contribution in [-0.4, -0.2) is 33.7 Å². The van der Waals surface area contributed by atoms with Gasteiger partial charge in [-0.15, -0.1) is 0 Å². The Labute approximate surface area is 138 Å². The molecule has 1 aliphatic rings. The number of carbonyl (C=O) groups excluding carboxylic acids is 1. The molecule has 0 atom stereocenters. The van der Waals surface area contributed by atoms with Crippen molar-refractivity contribution in [2.45, 2.75) is 38.6 Å². The predicted octanol–water partition coefficient (Wildman–Crippen LogP) is 3.14. The molecule has 0 radical (unpaired) electrons. The predicted molar refractivity (Wildman–Crippen MR) is 90.9 cm³/mol. The largest absolute Gasteiger partial charge is 0.343 e. The lowest BCUT2D eigenvalue weighted by molar-refractivity contribution is -0.132. The van der Waals surface area contributed by atoms with Crippen molar-refractivity contribution in [2.24, 2.45) is 5.92 Å². The lowest BCUT2D eigenvalue weighted by Crippen LogP contribution is -2.39. The van der Waals surface area contributed by atoms with Gasteiger partial charge >= 0.3 is 0 Å². The number of hydrogen-bond donors (Lipinski definition) is 0. The van der Waals surface area contributed by atoms with E-state index in [1.165, 1.54) is 5.56 Å². The third-order valence-corrected chi connectivity index (χ3v) is 4.67. The van der Waals surface area contributed by atoms with Crippen LogP contribution in [0.5, 0.6) is 0 Å². The lowest BCUT2D eigenvalue weighted by Gasteiger charge is -2.32. The summed E-state index contributed by atoms with van der Waals surface area (Å²) in [5.74, 6) is 0.960. The van der Waals surface area contributed by atoms with E-state index in [0.717, 1.165) is 45.3 Å². The Bertz CT molecular complexity index is 586.